The van der Waals surface area contributed by atoms with E-state index in [1.807, 2.05) is 0 Å². The lowest BCUT2D eigenvalue weighted by Crippen LogP contribution is -2.36. The molecule has 0 spiro atoms. The first-order chi connectivity index (χ1) is 17.8. The first-order valence-electron chi connectivity index (χ1n) is 12.4. The molecule has 0 unspecified atom stereocenters. The van der Waals surface area contributed by atoms with Crippen molar-refractivity contribution in [1.29, 1.82) is 0 Å². The minimum absolute atomic E-state index is 0.0117. The smallest absolute Gasteiger partial charge is 0.346 e. The number of rotatable bonds is 8. The average molecular weight is 570 g/mol. The van der Waals surface area contributed by atoms with Crippen molar-refractivity contribution in [2.45, 2.75) is 63.2 Å². The summed E-state index contributed by atoms with van der Waals surface area (Å²) in [7, 11) is -3.36. The molecule has 12 heteroatoms. The van der Waals surface area contributed by atoms with Gasteiger partial charge >= 0.3 is 6.18 Å². The third-order valence-corrected chi connectivity index (χ3v) is 10.1. The lowest BCUT2D eigenvalue weighted by atomic mass is 9.81. The molecule has 1 aliphatic carbocycles. The quantitative estimate of drug-likeness (QED) is 0.435. The second kappa shape index (κ2) is 10.8. The van der Waals surface area contributed by atoms with Crippen LogP contribution >= 0.6 is 11.3 Å². The van der Waals surface area contributed by atoms with Crippen molar-refractivity contribution in [2.75, 3.05) is 12.3 Å². The Hall–Kier alpha value is -2.73. The highest BCUT2D eigenvalue weighted by molar-refractivity contribution is 7.91. The zero-order valence-corrected chi connectivity index (χ0v) is 22.8. The van der Waals surface area contributed by atoms with Crippen LogP contribution in [0.2, 0.25) is 0 Å². The van der Waals surface area contributed by atoms with Crippen molar-refractivity contribution < 1.29 is 31.2 Å². The van der Waals surface area contributed by atoms with Gasteiger partial charge in [-0.1, -0.05) is 19.1 Å². The van der Waals surface area contributed by atoms with Gasteiger partial charge in [-0.25, -0.2) is 8.42 Å². The Morgan fingerprint density at radius 1 is 1.24 bits per heavy atom. The normalized spacial score (nSPS) is 21.9. The summed E-state index contributed by atoms with van der Waals surface area (Å²) >= 11 is 1.20. The Morgan fingerprint density at radius 3 is 2.47 bits per heavy atom. The number of hydrogen-bond donors (Lipinski definition) is 1. The van der Waals surface area contributed by atoms with Crippen molar-refractivity contribution in [3.8, 4) is 0 Å². The van der Waals surface area contributed by atoms with Crippen molar-refractivity contribution in [3.63, 3.8) is 0 Å². The molecule has 206 valence electrons. The molecule has 2 aromatic rings. The molecule has 1 N–H and O–H groups in total. The van der Waals surface area contributed by atoms with E-state index in [2.05, 4.69) is 16.9 Å². The number of nitrogens with one attached hydrogen (secondary N) is 1. The van der Waals surface area contributed by atoms with E-state index in [0.717, 1.165) is 5.57 Å². The summed E-state index contributed by atoms with van der Waals surface area (Å²) < 4.78 is 63.0. The Kier molecular flexibility index (Phi) is 8.04. The van der Waals surface area contributed by atoms with Crippen LogP contribution in [-0.4, -0.2) is 48.6 Å². The van der Waals surface area contributed by atoms with Gasteiger partial charge in [0.25, 0.3) is 11.8 Å². The molecular formula is C26H30F3N3O4S2. The lowest BCUT2D eigenvalue weighted by molar-refractivity contribution is -0.184. The molecule has 2 amide bonds. The maximum absolute atomic E-state index is 13.3. The molecule has 2 aromatic heterocycles. The largest absolute Gasteiger partial charge is 0.391 e. The van der Waals surface area contributed by atoms with E-state index in [9.17, 15) is 31.2 Å². The number of amides is 2. The Balaban J connectivity index is 1.41. The summed E-state index contributed by atoms with van der Waals surface area (Å²) in [6.45, 7) is 7.82. The second-order valence-electron chi connectivity index (χ2n) is 9.93. The second-order valence-corrected chi connectivity index (χ2v) is 13.3. The number of fused-ring (bicyclic) bond motifs is 1. The predicted octanol–water partition coefficient (Wildman–Crippen LogP) is 5.31. The summed E-state index contributed by atoms with van der Waals surface area (Å²) in [5.41, 5.74) is 1.63. The van der Waals surface area contributed by atoms with E-state index in [1.54, 1.807) is 24.8 Å². The SMILES string of the molecule is C=C(C)[C@H]1c2sc(C(=O)NCc3ccc(S(=O)(=O)CC)cn3)cc2C(=O)N1CC1CCC(C(F)(F)F)CC1. The van der Waals surface area contributed by atoms with Crippen LogP contribution in [0.3, 0.4) is 0 Å². The molecule has 1 aliphatic heterocycles. The topological polar surface area (TPSA) is 96.4 Å². The summed E-state index contributed by atoms with van der Waals surface area (Å²) in [6.07, 6.45) is -1.93. The van der Waals surface area contributed by atoms with Gasteiger partial charge in [-0.3, -0.25) is 14.6 Å². The fourth-order valence-electron chi connectivity index (χ4n) is 5.05. The van der Waals surface area contributed by atoms with Crippen LogP contribution in [0.5, 0.6) is 0 Å². The number of alkyl halides is 3. The molecule has 0 saturated heterocycles. The molecule has 4 rings (SSSR count). The molecule has 1 fully saturated rings. The number of nitrogens with zero attached hydrogens (tertiary/aromatic N) is 2. The van der Waals surface area contributed by atoms with Crippen LogP contribution in [0.1, 0.15) is 76.2 Å². The predicted molar refractivity (Wildman–Crippen MR) is 138 cm³/mol. The van der Waals surface area contributed by atoms with E-state index in [-0.39, 0.29) is 47.8 Å². The zero-order chi connectivity index (χ0) is 27.8. The summed E-state index contributed by atoms with van der Waals surface area (Å²) in [6, 6.07) is 4.13. The summed E-state index contributed by atoms with van der Waals surface area (Å²) in [5.74, 6) is -1.95. The van der Waals surface area contributed by atoms with Gasteiger partial charge in [-0.2, -0.15) is 13.2 Å². The Bertz CT molecular complexity index is 1330. The van der Waals surface area contributed by atoms with E-state index in [1.165, 1.54) is 29.7 Å². The zero-order valence-electron chi connectivity index (χ0n) is 21.2. The summed E-state index contributed by atoms with van der Waals surface area (Å²) in [4.78, 5) is 33.1. The van der Waals surface area contributed by atoms with Gasteiger partial charge in [0.15, 0.2) is 9.84 Å². The Labute approximate surface area is 224 Å². The van der Waals surface area contributed by atoms with Gasteiger partial charge in [-0.05, 0) is 56.7 Å². The fraction of sp³-hybridized carbons (Fsp3) is 0.500. The molecule has 1 saturated carbocycles. The highest BCUT2D eigenvalue weighted by Gasteiger charge is 2.44. The van der Waals surface area contributed by atoms with Crippen molar-refractivity contribution in [1.82, 2.24) is 15.2 Å². The van der Waals surface area contributed by atoms with Crippen LogP contribution in [-0.2, 0) is 16.4 Å². The van der Waals surface area contributed by atoms with E-state index in [0.29, 0.717) is 40.4 Å². The monoisotopic (exact) mass is 569 g/mol. The average Bonchev–Trinajstić information content (AvgIpc) is 3.41. The number of thiophene rings is 1. The maximum Gasteiger partial charge on any atom is 0.391 e. The van der Waals surface area contributed by atoms with Crippen LogP contribution < -0.4 is 5.32 Å². The number of aromatic nitrogens is 1. The van der Waals surface area contributed by atoms with Crippen LogP contribution in [0.25, 0.3) is 0 Å². The van der Waals surface area contributed by atoms with Crippen molar-refractivity contribution in [3.05, 3.63) is 57.6 Å². The molecule has 0 radical (unpaired) electrons. The minimum Gasteiger partial charge on any atom is -0.346 e. The highest BCUT2D eigenvalue weighted by atomic mass is 32.2. The van der Waals surface area contributed by atoms with E-state index >= 15 is 0 Å². The lowest BCUT2D eigenvalue weighted by Gasteiger charge is -2.34. The number of carbonyl (C=O) groups excluding carboxylic acids is 2. The standard InChI is InChI=1S/C26H30F3N3O4S2/c1-4-38(35,36)19-10-9-18(30-13-19)12-31-24(33)21-11-20-23(37-21)22(15(2)3)32(25(20)34)14-16-5-7-17(8-6-16)26(27,28)29/h9-11,13,16-17,22H,2,4-8,12,14H2,1,3H3,(H,31,33)/t16?,17?,22-/m0/s1. The molecule has 0 aromatic carbocycles. The first kappa shape index (κ1) is 28.3. The first-order valence-corrected chi connectivity index (χ1v) is 14.9. The minimum atomic E-state index is -4.18. The molecule has 7 nitrogen and oxygen atoms in total. The van der Waals surface area contributed by atoms with Crippen molar-refractivity contribution in [2.24, 2.45) is 11.8 Å². The highest BCUT2D eigenvalue weighted by Crippen LogP contribution is 2.45. The van der Waals surface area contributed by atoms with Gasteiger partial charge < -0.3 is 10.2 Å². The molecule has 3 heterocycles. The third kappa shape index (κ3) is 5.80. The van der Waals surface area contributed by atoms with Crippen molar-refractivity contribution >= 4 is 33.0 Å². The van der Waals surface area contributed by atoms with Gasteiger partial charge in [0.2, 0.25) is 0 Å². The van der Waals surface area contributed by atoms with E-state index in [4.69, 9.17) is 0 Å². The number of hydrogen-bond acceptors (Lipinski definition) is 6. The van der Waals surface area contributed by atoms with Crippen LogP contribution in [0.15, 0.2) is 41.4 Å². The van der Waals surface area contributed by atoms with Gasteiger partial charge in [0.1, 0.15) is 0 Å². The van der Waals surface area contributed by atoms with Gasteiger partial charge in [-0.15, -0.1) is 11.3 Å². The molecule has 2 aliphatic rings. The van der Waals surface area contributed by atoms with Gasteiger partial charge in [0.05, 0.1) is 45.3 Å². The maximum atomic E-state index is 13.3. The third-order valence-electron chi connectivity index (χ3n) is 7.23. The number of halogens is 3. The molecule has 38 heavy (non-hydrogen) atoms. The number of sulfone groups is 1. The van der Waals surface area contributed by atoms with Crippen LogP contribution in [0.4, 0.5) is 13.2 Å². The molecule has 0 bridgehead atoms. The van der Waals surface area contributed by atoms with Gasteiger partial charge in [0, 0.05) is 17.6 Å². The van der Waals surface area contributed by atoms with Crippen LogP contribution in [0, 0.1) is 11.8 Å². The number of pyridine rings is 1. The fourth-order valence-corrected chi connectivity index (χ4v) is 7.15. The van der Waals surface area contributed by atoms with E-state index < -0.39 is 28.0 Å². The summed E-state index contributed by atoms with van der Waals surface area (Å²) in [5, 5.41) is 2.75. The Morgan fingerprint density at radius 2 is 1.92 bits per heavy atom. The molecule has 1 atom stereocenters. The molecular weight excluding hydrogens is 539 g/mol. The number of carbonyl (C=O) groups is 2.